The van der Waals surface area contributed by atoms with Crippen LogP contribution in [0.25, 0.3) is 11.3 Å². The molecule has 0 saturated carbocycles. The van der Waals surface area contributed by atoms with Gasteiger partial charge in [0.25, 0.3) is 5.91 Å². The minimum absolute atomic E-state index is 0.00258. The SMILES string of the molecule is COCCN(C[C@@H]1CCCN2CCCC[C@@H]12)C(=O)c1cc(-c2ccncc2)n[nH]1. The van der Waals surface area contributed by atoms with Gasteiger partial charge in [0.05, 0.1) is 12.3 Å². The van der Waals surface area contributed by atoms with Gasteiger partial charge in [0.1, 0.15) is 5.69 Å². The summed E-state index contributed by atoms with van der Waals surface area (Å²) in [5.41, 5.74) is 2.24. The minimum Gasteiger partial charge on any atom is -0.383 e. The van der Waals surface area contributed by atoms with Gasteiger partial charge in [0, 0.05) is 44.2 Å². The highest BCUT2D eigenvalue weighted by molar-refractivity contribution is 5.93. The summed E-state index contributed by atoms with van der Waals surface area (Å²) in [6, 6.07) is 6.25. The molecule has 4 rings (SSSR count). The van der Waals surface area contributed by atoms with Gasteiger partial charge in [-0.1, -0.05) is 6.42 Å². The molecular formula is C22H31N5O2. The Bertz CT molecular complexity index is 792. The van der Waals surface area contributed by atoms with E-state index in [-0.39, 0.29) is 5.91 Å². The number of carbonyl (C=O) groups is 1. The van der Waals surface area contributed by atoms with Crippen LogP contribution in [-0.4, -0.2) is 76.8 Å². The van der Waals surface area contributed by atoms with E-state index in [4.69, 9.17) is 4.74 Å². The number of rotatable bonds is 7. The van der Waals surface area contributed by atoms with Gasteiger partial charge in [0.15, 0.2) is 0 Å². The van der Waals surface area contributed by atoms with E-state index >= 15 is 0 Å². The largest absolute Gasteiger partial charge is 0.383 e. The second kappa shape index (κ2) is 9.50. The van der Waals surface area contributed by atoms with Gasteiger partial charge < -0.3 is 14.5 Å². The van der Waals surface area contributed by atoms with Crippen molar-refractivity contribution in [2.24, 2.45) is 5.92 Å². The average molecular weight is 398 g/mol. The fraction of sp³-hybridized carbons (Fsp3) is 0.591. The van der Waals surface area contributed by atoms with Crippen LogP contribution in [0, 0.1) is 5.92 Å². The van der Waals surface area contributed by atoms with E-state index in [2.05, 4.69) is 20.1 Å². The maximum atomic E-state index is 13.3. The van der Waals surface area contributed by atoms with Crippen LogP contribution in [0.2, 0.25) is 0 Å². The molecule has 7 nitrogen and oxygen atoms in total. The molecule has 0 bridgehead atoms. The van der Waals surface area contributed by atoms with Crippen molar-refractivity contribution in [3.05, 3.63) is 36.3 Å². The Hall–Kier alpha value is -2.25. The van der Waals surface area contributed by atoms with Crippen molar-refractivity contribution in [3.8, 4) is 11.3 Å². The van der Waals surface area contributed by atoms with Crippen LogP contribution in [-0.2, 0) is 4.74 Å². The van der Waals surface area contributed by atoms with Gasteiger partial charge in [-0.25, -0.2) is 0 Å². The first-order valence-corrected chi connectivity index (χ1v) is 10.7. The predicted octanol–water partition coefficient (Wildman–Crippen LogP) is 2.82. The Morgan fingerprint density at radius 1 is 1.24 bits per heavy atom. The van der Waals surface area contributed by atoms with Crippen molar-refractivity contribution in [2.45, 2.75) is 38.1 Å². The number of methoxy groups -OCH3 is 1. The summed E-state index contributed by atoms with van der Waals surface area (Å²) in [4.78, 5) is 21.9. The zero-order chi connectivity index (χ0) is 20.1. The third kappa shape index (κ3) is 4.67. The number of aromatic nitrogens is 3. The van der Waals surface area contributed by atoms with Gasteiger partial charge in [-0.15, -0.1) is 0 Å². The number of aromatic amines is 1. The van der Waals surface area contributed by atoms with Crippen LogP contribution in [0.4, 0.5) is 0 Å². The number of piperidine rings is 2. The smallest absolute Gasteiger partial charge is 0.271 e. The summed E-state index contributed by atoms with van der Waals surface area (Å²) in [7, 11) is 1.68. The molecule has 2 aromatic heterocycles. The molecule has 2 aromatic rings. The number of nitrogens with one attached hydrogen (secondary N) is 1. The van der Waals surface area contributed by atoms with Gasteiger partial charge in [-0.2, -0.15) is 5.10 Å². The Balaban J connectivity index is 1.49. The van der Waals surface area contributed by atoms with Gasteiger partial charge >= 0.3 is 0 Å². The third-order valence-electron chi connectivity index (χ3n) is 6.32. The molecule has 2 fully saturated rings. The molecule has 2 saturated heterocycles. The summed E-state index contributed by atoms with van der Waals surface area (Å²) in [6.07, 6.45) is 9.76. The molecule has 7 heteroatoms. The van der Waals surface area contributed by atoms with E-state index in [1.165, 1.54) is 45.2 Å². The van der Waals surface area contributed by atoms with Crippen LogP contribution >= 0.6 is 0 Å². The zero-order valence-electron chi connectivity index (χ0n) is 17.2. The molecule has 0 aliphatic carbocycles. The standard InChI is InChI=1S/C22H31N5O2/c1-29-14-13-27(16-18-5-4-12-26-11-3-2-6-21(18)26)22(28)20-15-19(24-25-20)17-7-9-23-10-8-17/h7-10,15,18,21H,2-6,11-14,16H2,1H3,(H,24,25)/t18-,21-/m0/s1. The lowest BCUT2D eigenvalue weighted by Crippen LogP contribution is -2.52. The monoisotopic (exact) mass is 397 g/mol. The maximum Gasteiger partial charge on any atom is 0.271 e. The first-order valence-electron chi connectivity index (χ1n) is 10.7. The molecule has 29 heavy (non-hydrogen) atoms. The topological polar surface area (TPSA) is 74.3 Å². The predicted molar refractivity (Wildman–Crippen MR) is 112 cm³/mol. The van der Waals surface area contributed by atoms with Gasteiger partial charge in [-0.3, -0.25) is 14.9 Å². The number of carbonyl (C=O) groups excluding carboxylic acids is 1. The minimum atomic E-state index is 0.00258. The Kier molecular flexibility index (Phi) is 6.56. The quantitative estimate of drug-likeness (QED) is 0.778. The number of fused-ring (bicyclic) bond motifs is 1. The molecule has 1 N–H and O–H groups in total. The lowest BCUT2D eigenvalue weighted by atomic mass is 9.83. The van der Waals surface area contributed by atoms with Gasteiger partial charge in [0.2, 0.25) is 0 Å². The molecule has 0 aromatic carbocycles. The Morgan fingerprint density at radius 2 is 2.07 bits per heavy atom. The van der Waals surface area contributed by atoms with E-state index in [1.807, 2.05) is 23.1 Å². The van der Waals surface area contributed by atoms with E-state index in [0.717, 1.165) is 17.8 Å². The van der Waals surface area contributed by atoms with E-state index in [1.54, 1.807) is 19.5 Å². The Labute approximate surface area is 172 Å². The molecule has 4 heterocycles. The average Bonchev–Trinajstić information content (AvgIpc) is 3.27. The van der Waals surface area contributed by atoms with Crippen molar-refractivity contribution in [1.82, 2.24) is 25.0 Å². The molecule has 156 valence electrons. The summed E-state index contributed by atoms with van der Waals surface area (Å²) in [5, 5.41) is 7.28. The number of hydrogen-bond acceptors (Lipinski definition) is 5. The van der Waals surface area contributed by atoms with E-state index in [9.17, 15) is 4.79 Å². The highest BCUT2D eigenvalue weighted by atomic mass is 16.5. The number of pyridine rings is 1. The normalized spacial score (nSPS) is 22.2. The molecule has 2 aliphatic rings. The number of amides is 1. The molecule has 2 aliphatic heterocycles. The fourth-order valence-corrected chi connectivity index (χ4v) is 4.82. The van der Waals surface area contributed by atoms with Crippen LogP contribution in [0.5, 0.6) is 0 Å². The highest BCUT2D eigenvalue weighted by Crippen LogP contribution is 2.31. The summed E-state index contributed by atoms with van der Waals surface area (Å²) in [5.74, 6) is 0.537. The van der Waals surface area contributed by atoms with Gasteiger partial charge in [-0.05, 0) is 62.9 Å². The lowest BCUT2D eigenvalue weighted by molar-refractivity contribution is 0.0313. The van der Waals surface area contributed by atoms with Crippen molar-refractivity contribution in [2.75, 3.05) is 39.9 Å². The first kappa shape index (κ1) is 20.0. The number of hydrogen-bond donors (Lipinski definition) is 1. The molecular weight excluding hydrogens is 366 g/mol. The molecule has 1 amide bonds. The zero-order valence-corrected chi connectivity index (χ0v) is 17.2. The van der Waals surface area contributed by atoms with E-state index in [0.29, 0.717) is 30.8 Å². The maximum absolute atomic E-state index is 13.3. The Morgan fingerprint density at radius 3 is 2.90 bits per heavy atom. The summed E-state index contributed by atoms with van der Waals surface area (Å²) < 4.78 is 5.29. The summed E-state index contributed by atoms with van der Waals surface area (Å²) in [6.45, 7) is 4.35. The van der Waals surface area contributed by atoms with Crippen LogP contribution in [0.1, 0.15) is 42.6 Å². The van der Waals surface area contributed by atoms with Crippen molar-refractivity contribution < 1.29 is 9.53 Å². The van der Waals surface area contributed by atoms with Crippen LogP contribution < -0.4 is 0 Å². The molecule has 0 spiro atoms. The fourth-order valence-electron chi connectivity index (χ4n) is 4.82. The molecule has 0 unspecified atom stereocenters. The molecule has 0 radical (unpaired) electrons. The van der Waals surface area contributed by atoms with Crippen molar-refractivity contribution >= 4 is 5.91 Å². The van der Waals surface area contributed by atoms with Crippen LogP contribution in [0.15, 0.2) is 30.6 Å². The number of nitrogens with zero attached hydrogens (tertiary/aromatic N) is 4. The van der Waals surface area contributed by atoms with E-state index < -0.39 is 0 Å². The first-order chi connectivity index (χ1) is 14.3. The van der Waals surface area contributed by atoms with Crippen molar-refractivity contribution in [3.63, 3.8) is 0 Å². The second-order valence-corrected chi connectivity index (χ2v) is 8.15. The number of H-pyrrole nitrogens is 1. The highest BCUT2D eigenvalue weighted by Gasteiger charge is 2.35. The lowest BCUT2D eigenvalue weighted by Gasteiger charge is -2.45. The third-order valence-corrected chi connectivity index (χ3v) is 6.32. The molecule has 2 atom stereocenters. The summed E-state index contributed by atoms with van der Waals surface area (Å²) >= 11 is 0. The van der Waals surface area contributed by atoms with Crippen molar-refractivity contribution in [1.29, 1.82) is 0 Å². The van der Waals surface area contributed by atoms with Crippen LogP contribution in [0.3, 0.4) is 0 Å². The number of ether oxygens (including phenoxy) is 1. The second-order valence-electron chi connectivity index (χ2n) is 8.15.